The van der Waals surface area contributed by atoms with E-state index in [1.165, 1.54) is 12.5 Å². The summed E-state index contributed by atoms with van der Waals surface area (Å²) in [6.45, 7) is 6.36. The molecule has 0 heterocycles. The number of rotatable bonds is 7. The molecule has 138 valence electrons. The number of nitrogens with zero attached hydrogens (tertiary/aromatic N) is 1. The summed E-state index contributed by atoms with van der Waals surface area (Å²) in [4.78, 5) is 25.9. The molecule has 0 aliphatic carbocycles. The van der Waals surface area contributed by atoms with E-state index in [9.17, 15) is 9.59 Å². The third-order valence-electron chi connectivity index (χ3n) is 4.18. The van der Waals surface area contributed by atoms with E-state index < -0.39 is 0 Å². The van der Waals surface area contributed by atoms with E-state index in [1.54, 1.807) is 12.0 Å². The van der Waals surface area contributed by atoms with Crippen molar-refractivity contribution in [2.75, 3.05) is 19.0 Å². The van der Waals surface area contributed by atoms with Crippen molar-refractivity contribution >= 4 is 17.5 Å². The molecule has 5 heteroatoms. The van der Waals surface area contributed by atoms with E-state index >= 15 is 0 Å². The molecule has 0 aliphatic rings. The maximum absolute atomic E-state index is 12.3. The van der Waals surface area contributed by atoms with E-state index in [0.29, 0.717) is 24.5 Å². The maximum Gasteiger partial charge on any atom is 0.226 e. The molecule has 0 aromatic heterocycles. The van der Waals surface area contributed by atoms with Crippen molar-refractivity contribution in [3.05, 3.63) is 59.2 Å². The summed E-state index contributed by atoms with van der Waals surface area (Å²) in [6, 6.07) is 13.7. The van der Waals surface area contributed by atoms with Gasteiger partial charge in [0.1, 0.15) is 5.75 Å². The SMILES string of the molecule is COc1ccc(C)cc1NC(=O)CCN(Cc1ccc(C)cc1)C(C)=O. The van der Waals surface area contributed by atoms with Gasteiger partial charge in [-0.15, -0.1) is 0 Å². The lowest BCUT2D eigenvalue weighted by Gasteiger charge is -2.21. The van der Waals surface area contributed by atoms with Gasteiger partial charge in [0.2, 0.25) is 11.8 Å². The molecule has 0 spiro atoms. The number of hydrogen-bond acceptors (Lipinski definition) is 3. The molecule has 2 amide bonds. The van der Waals surface area contributed by atoms with E-state index in [0.717, 1.165) is 11.1 Å². The van der Waals surface area contributed by atoms with E-state index in [-0.39, 0.29) is 18.2 Å². The minimum atomic E-state index is -0.149. The molecule has 0 atom stereocenters. The Hall–Kier alpha value is -2.82. The van der Waals surface area contributed by atoms with Crippen LogP contribution in [-0.2, 0) is 16.1 Å². The Morgan fingerprint density at radius 1 is 1.04 bits per heavy atom. The number of anilines is 1. The van der Waals surface area contributed by atoms with Gasteiger partial charge in [-0.05, 0) is 37.1 Å². The lowest BCUT2D eigenvalue weighted by Crippen LogP contribution is -2.31. The van der Waals surface area contributed by atoms with Gasteiger partial charge in [0.25, 0.3) is 0 Å². The second-order valence-corrected chi connectivity index (χ2v) is 6.43. The number of hydrogen-bond donors (Lipinski definition) is 1. The van der Waals surface area contributed by atoms with Gasteiger partial charge in [0.15, 0.2) is 0 Å². The molecule has 26 heavy (non-hydrogen) atoms. The molecule has 0 aliphatic heterocycles. The van der Waals surface area contributed by atoms with Gasteiger partial charge in [-0.3, -0.25) is 9.59 Å². The molecule has 2 rings (SSSR count). The summed E-state index contributed by atoms with van der Waals surface area (Å²) in [5.41, 5.74) is 3.90. The van der Waals surface area contributed by atoms with Gasteiger partial charge in [-0.1, -0.05) is 35.9 Å². The normalized spacial score (nSPS) is 10.3. The molecule has 0 saturated heterocycles. The lowest BCUT2D eigenvalue weighted by molar-refractivity contribution is -0.129. The molecule has 5 nitrogen and oxygen atoms in total. The lowest BCUT2D eigenvalue weighted by atomic mass is 10.1. The van der Waals surface area contributed by atoms with Crippen molar-refractivity contribution in [3.63, 3.8) is 0 Å². The molecule has 2 aromatic carbocycles. The predicted molar refractivity (Wildman–Crippen MR) is 103 cm³/mol. The number of ether oxygens (including phenoxy) is 1. The fourth-order valence-corrected chi connectivity index (χ4v) is 2.63. The minimum absolute atomic E-state index is 0.0495. The second-order valence-electron chi connectivity index (χ2n) is 6.43. The molecule has 2 aromatic rings. The highest BCUT2D eigenvalue weighted by atomic mass is 16.5. The first-order chi connectivity index (χ1) is 12.4. The summed E-state index contributed by atoms with van der Waals surface area (Å²) in [5.74, 6) is 0.419. The standard InChI is InChI=1S/C21H26N2O3/c1-15-5-8-18(9-6-15)14-23(17(3)24)12-11-21(25)22-19-13-16(2)7-10-20(19)26-4/h5-10,13H,11-12,14H2,1-4H3,(H,22,25). The molecular weight excluding hydrogens is 328 g/mol. The van der Waals surface area contributed by atoms with Crippen molar-refractivity contribution in [1.29, 1.82) is 0 Å². The minimum Gasteiger partial charge on any atom is -0.495 e. The molecule has 1 N–H and O–H groups in total. The number of carbonyl (C=O) groups excluding carboxylic acids is 2. The first-order valence-electron chi connectivity index (χ1n) is 8.64. The van der Waals surface area contributed by atoms with Gasteiger partial charge >= 0.3 is 0 Å². The van der Waals surface area contributed by atoms with Crippen LogP contribution in [0.4, 0.5) is 5.69 Å². The van der Waals surface area contributed by atoms with Gasteiger partial charge in [-0.2, -0.15) is 0 Å². The van der Waals surface area contributed by atoms with Crippen LogP contribution >= 0.6 is 0 Å². The summed E-state index contributed by atoms with van der Waals surface area (Å²) in [6.07, 6.45) is 0.225. The van der Waals surface area contributed by atoms with Crippen molar-refractivity contribution in [1.82, 2.24) is 4.90 Å². The average molecular weight is 354 g/mol. The third kappa shape index (κ3) is 5.62. The van der Waals surface area contributed by atoms with Crippen LogP contribution in [0, 0.1) is 13.8 Å². The zero-order chi connectivity index (χ0) is 19.1. The monoisotopic (exact) mass is 354 g/mol. The number of aryl methyl sites for hydroxylation is 2. The number of carbonyl (C=O) groups is 2. The number of amides is 2. The molecule has 0 unspecified atom stereocenters. The second kappa shape index (κ2) is 9.04. The fourth-order valence-electron chi connectivity index (χ4n) is 2.63. The fraction of sp³-hybridized carbons (Fsp3) is 0.333. The van der Waals surface area contributed by atoms with E-state index in [1.807, 2.05) is 56.3 Å². The zero-order valence-corrected chi connectivity index (χ0v) is 15.8. The third-order valence-corrected chi connectivity index (χ3v) is 4.18. The smallest absolute Gasteiger partial charge is 0.226 e. The molecule has 0 saturated carbocycles. The van der Waals surface area contributed by atoms with Crippen LogP contribution in [0.2, 0.25) is 0 Å². The summed E-state index contributed by atoms with van der Waals surface area (Å²) in [7, 11) is 1.57. The van der Waals surface area contributed by atoms with Crippen molar-refractivity contribution in [2.45, 2.75) is 33.7 Å². The van der Waals surface area contributed by atoms with Crippen molar-refractivity contribution < 1.29 is 14.3 Å². The Bertz CT molecular complexity index is 769. The van der Waals surface area contributed by atoms with Crippen molar-refractivity contribution in [3.8, 4) is 5.75 Å². The Balaban J connectivity index is 1.96. The first-order valence-corrected chi connectivity index (χ1v) is 8.64. The highest BCUT2D eigenvalue weighted by Gasteiger charge is 2.13. The summed E-state index contributed by atoms with van der Waals surface area (Å²) in [5, 5.41) is 2.87. The Labute approximate surface area is 155 Å². The Morgan fingerprint density at radius 3 is 2.31 bits per heavy atom. The maximum atomic E-state index is 12.3. The topological polar surface area (TPSA) is 58.6 Å². The van der Waals surface area contributed by atoms with Crippen LogP contribution < -0.4 is 10.1 Å². The van der Waals surface area contributed by atoms with Gasteiger partial charge < -0.3 is 15.0 Å². The number of benzene rings is 2. The van der Waals surface area contributed by atoms with Crippen LogP contribution in [0.5, 0.6) is 5.75 Å². The number of methoxy groups -OCH3 is 1. The molecule has 0 radical (unpaired) electrons. The predicted octanol–water partition coefficient (Wildman–Crippen LogP) is 3.69. The van der Waals surface area contributed by atoms with Crippen LogP contribution in [0.1, 0.15) is 30.0 Å². The van der Waals surface area contributed by atoms with Crippen molar-refractivity contribution in [2.24, 2.45) is 0 Å². The largest absolute Gasteiger partial charge is 0.495 e. The zero-order valence-electron chi connectivity index (χ0n) is 15.8. The highest BCUT2D eigenvalue weighted by molar-refractivity contribution is 5.92. The van der Waals surface area contributed by atoms with Crippen LogP contribution in [0.15, 0.2) is 42.5 Å². The molecule has 0 bridgehead atoms. The number of nitrogens with one attached hydrogen (secondary N) is 1. The molecular formula is C21H26N2O3. The Morgan fingerprint density at radius 2 is 1.69 bits per heavy atom. The van der Waals surface area contributed by atoms with Gasteiger partial charge in [0.05, 0.1) is 12.8 Å². The van der Waals surface area contributed by atoms with E-state index in [4.69, 9.17) is 4.74 Å². The first kappa shape index (κ1) is 19.5. The van der Waals surface area contributed by atoms with E-state index in [2.05, 4.69) is 5.32 Å². The Kier molecular flexibility index (Phi) is 6.78. The molecule has 0 fully saturated rings. The summed E-state index contributed by atoms with van der Waals surface area (Å²) < 4.78 is 5.27. The van der Waals surface area contributed by atoms with Gasteiger partial charge in [0, 0.05) is 26.4 Å². The summed E-state index contributed by atoms with van der Waals surface area (Å²) >= 11 is 0. The highest BCUT2D eigenvalue weighted by Crippen LogP contribution is 2.25. The van der Waals surface area contributed by atoms with Crippen LogP contribution in [-0.4, -0.2) is 30.4 Å². The van der Waals surface area contributed by atoms with Crippen LogP contribution in [0.25, 0.3) is 0 Å². The average Bonchev–Trinajstić information content (AvgIpc) is 2.60. The van der Waals surface area contributed by atoms with Gasteiger partial charge in [-0.25, -0.2) is 0 Å². The van der Waals surface area contributed by atoms with Crippen LogP contribution in [0.3, 0.4) is 0 Å². The quantitative estimate of drug-likeness (QED) is 0.825.